The van der Waals surface area contributed by atoms with Crippen LogP contribution in [0.1, 0.15) is 32.4 Å². The van der Waals surface area contributed by atoms with Crippen LogP contribution in [0.4, 0.5) is 4.79 Å². The molecule has 3 amide bonds. The Kier molecular flexibility index (Phi) is 8.91. The molecule has 0 saturated heterocycles. The van der Waals surface area contributed by atoms with Crippen molar-refractivity contribution in [3.05, 3.63) is 23.8 Å². The van der Waals surface area contributed by atoms with Gasteiger partial charge in [0, 0.05) is 13.1 Å². The number of methoxy groups -OCH3 is 1. The van der Waals surface area contributed by atoms with Crippen LogP contribution in [0.3, 0.4) is 0 Å². The number of alkyl halides is 1. The lowest BCUT2D eigenvalue weighted by Gasteiger charge is -2.17. The molecule has 3 N–H and O–H groups in total. The summed E-state index contributed by atoms with van der Waals surface area (Å²) in [4.78, 5) is 23.2. The molecule has 0 aliphatic rings. The third-order valence-corrected chi connectivity index (χ3v) is 3.60. The molecule has 0 aliphatic carbocycles. The van der Waals surface area contributed by atoms with Gasteiger partial charge in [-0.25, -0.2) is 4.79 Å². The molecule has 0 aromatic heterocycles. The van der Waals surface area contributed by atoms with Crippen molar-refractivity contribution in [3.8, 4) is 11.5 Å². The van der Waals surface area contributed by atoms with Crippen molar-refractivity contribution in [1.29, 1.82) is 0 Å². The minimum absolute atomic E-state index is 0.220. The fourth-order valence-corrected chi connectivity index (χ4v) is 2.14. The molecular formula is C17H26ClN3O4. The summed E-state index contributed by atoms with van der Waals surface area (Å²) in [5.41, 5.74) is 0.889. The summed E-state index contributed by atoms with van der Waals surface area (Å²) in [6.07, 6.45) is 0. The molecule has 0 unspecified atom stereocenters. The van der Waals surface area contributed by atoms with Crippen LogP contribution in [-0.4, -0.2) is 44.1 Å². The quantitative estimate of drug-likeness (QED) is 0.458. The Bertz CT molecular complexity index is 581. The van der Waals surface area contributed by atoms with E-state index in [2.05, 4.69) is 16.0 Å². The first-order chi connectivity index (χ1) is 11.9. The number of halogens is 1. The molecule has 7 nitrogen and oxygen atoms in total. The van der Waals surface area contributed by atoms with E-state index in [9.17, 15) is 9.59 Å². The second-order valence-corrected chi connectivity index (χ2v) is 6.03. The molecule has 2 atom stereocenters. The number of nitrogens with one attached hydrogen (secondary N) is 3. The fraction of sp³-hybridized carbons (Fsp3) is 0.529. The van der Waals surface area contributed by atoms with Gasteiger partial charge in [-0.3, -0.25) is 4.79 Å². The molecule has 0 saturated carbocycles. The highest BCUT2D eigenvalue weighted by Gasteiger charge is 2.13. The van der Waals surface area contributed by atoms with Crippen molar-refractivity contribution in [3.63, 3.8) is 0 Å². The third kappa shape index (κ3) is 7.09. The Morgan fingerprint density at radius 3 is 2.44 bits per heavy atom. The zero-order chi connectivity index (χ0) is 18.8. The number of benzene rings is 1. The Morgan fingerprint density at radius 2 is 1.84 bits per heavy atom. The van der Waals surface area contributed by atoms with Crippen LogP contribution < -0.4 is 25.4 Å². The zero-order valence-corrected chi connectivity index (χ0v) is 15.8. The van der Waals surface area contributed by atoms with Gasteiger partial charge in [-0.1, -0.05) is 6.07 Å². The first-order valence-electron chi connectivity index (χ1n) is 8.15. The number of ether oxygens (including phenoxy) is 2. The molecule has 8 heteroatoms. The molecule has 0 aliphatic heterocycles. The number of rotatable bonds is 9. The summed E-state index contributed by atoms with van der Waals surface area (Å²) in [7, 11) is 1.57. The average molecular weight is 372 g/mol. The van der Waals surface area contributed by atoms with Crippen LogP contribution in [0, 0.1) is 0 Å². The summed E-state index contributed by atoms with van der Waals surface area (Å²) in [6, 6.07) is 4.98. The van der Waals surface area contributed by atoms with Gasteiger partial charge in [0.05, 0.1) is 19.8 Å². The highest BCUT2D eigenvalue weighted by molar-refractivity contribution is 6.30. The number of hydrogen-bond acceptors (Lipinski definition) is 4. The number of urea groups is 1. The van der Waals surface area contributed by atoms with Gasteiger partial charge in [-0.15, -0.1) is 11.6 Å². The molecule has 1 aromatic rings. The molecule has 0 radical (unpaired) electrons. The van der Waals surface area contributed by atoms with Crippen molar-refractivity contribution in [2.75, 3.05) is 26.8 Å². The van der Waals surface area contributed by atoms with E-state index in [1.807, 2.05) is 32.0 Å². The van der Waals surface area contributed by atoms with Gasteiger partial charge in [-0.05, 0) is 38.5 Å². The van der Waals surface area contributed by atoms with Crippen LogP contribution >= 0.6 is 11.6 Å². The van der Waals surface area contributed by atoms with Gasteiger partial charge < -0.3 is 25.4 Å². The van der Waals surface area contributed by atoms with Gasteiger partial charge in [0.1, 0.15) is 5.38 Å². The van der Waals surface area contributed by atoms with Crippen molar-refractivity contribution < 1.29 is 19.1 Å². The lowest BCUT2D eigenvalue weighted by Crippen LogP contribution is -2.42. The Hall–Kier alpha value is -2.15. The predicted octanol–water partition coefficient (Wildman–Crippen LogP) is 2.20. The van der Waals surface area contributed by atoms with Crippen LogP contribution in [0.25, 0.3) is 0 Å². The van der Waals surface area contributed by atoms with Gasteiger partial charge in [-0.2, -0.15) is 0 Å². The predicted molar refractivity (Wildman–Crippen MR) is 97.4 cm³/mol. The maximum Gasteiger partial charge on any atom is 0.315 e. The second kappa shape index (κ2) is 10.7. The van der Waals surface area contributed by atoms with Crippen molar-refractivity contribution in [1.82, 2.24) is 16.0 Å². The highest BCUT2D eigenvalue weighted by Crippen LogP contribution is 2.30. The summed E-state index contributed by atoms with van der Waals surface area (Å²) >= 11 is 5.63. The highest BCUT2D eigenvalue weighted by atomic mass is 35.5. The van der Waals surface area contributed by atoms with E-state index in [1.165, 1.54) is 0 Å². The van der Waals surface area contributed by atoms with E-state index in [4.69, 9.17) is 21.1 Å². The van der Waals surface area contributed by atoms with Crippen molar-refractivity contribution >= 4 is 23.5 Å². The third-order valence-electron chi connectivity index (χ3n) is 3.41. The average Bonchev–Trinajstić information content (AvgIpc) is 2.58. The lowest BCUT2D eigenvalue weighted by molar-refractivity contribution is -0.120. The van der Waals surface area contributed by atoms with Gasteiger partial charge in [0.25, 0.3) is 0 Å². The minimum Gasteiger partial charge on any atom is -0.493 e. The molecule has 1 rings (SSSR count). The molecule has 0 spiro atoms. The van der Waals surface area contributed by atoms with E-state index in [0.717, 1.165) is 5.56 Å². The van der Waals surface area contributed by atoms with Crippen molar-refractivity contribution in [2.45, 2.75) is 32.2 Å². The van der Waals surface area contributed by atoms with Crippen LogP contribution in [0.15, 0.2) is 18.2 Å². The SMILES string of the molecule is CCOc1ccc([C@H](C)NC(=O)NCCNC(=O)[C@@H](C)Cl)cc1OC. The number of amides is 3. The molecule has 0 fully saturated rings. The topological polar surface area (TPSA) is 88.7 Å². The van der Waals surface area contributed by atoms with Crippen molar-refractivity contribution in [2.24, 2.45) is 0 Å². The van der Waals surface area contributed by atoms with E-state index >= 15 is 0 Å². The smallest absolute Gasteiger partial charge is 0.315 e. The largest absolute Gasteiger partial charge is 0.493 e. The van der Waals surface area contributed by atoms with Gasteiger partial charge in [0.2, 0.25) is 5.91 Å². The first kappa shape index (κ1) is 20.9. The van der Waals surface area contributed by atoms with Gasteiger partial charge >= 0.3 is 6.03 Å². The number of carbonyl (C=O) groups is 2. The van der Waals surface area contributed by atoms with E-state index in [1.54, 1.807) is 14.0 Å². The molecule has 140 valence electrons. The Balaban J connectivity index is 2.48. The zero-order valence-electron chi connectivity index (χ0n) is 15.0. The summed E-state index contributed by atoms with van der Waals surface area (Å²) < 4.78 is 10.8. The fourth-order valence-electron chi connectivity index (χ4n) is 2.06. The normalized spacial score (nSPS) is 12.7. The van der Waals surface area contributed by atoms with E-state index in [0.29, 0.717) is 31.2 Å². The van der Waals surface area contributed by atoms with E-state index < -0.39 is 5.38 Å². The minimum atomic E-state index is -0.594. The maximum absolute atomic E-state index is 11.9. The number of hydrogen-bond donors (Lipinski definition) is 3. The standard InChI is InChI=1S/C17H26ClN3O4/c1-5-25-14-7-6-13(10-15(14)24-4)12(3)21-17(23)20-9-8-19-16(22)11(2)18/h6-7,10-12H,5,8-9H2,1-4H3,(H,19,22)(H2,20,21,23)/t11-,12+/m1/s1. The maximum atomic E-state index is 11.9. The number of carbonyl (C=O) groups excluding carboxylic acids is 2. The first-order valence-corrected chi connectivity index (χ1v) is 8.59. The Morgan fingerprint density at radius 1 is 1.16 bits per heavy atom. The van der Waals surface area contributed by atoms with Crippen LogP contribution in [0.5, 0.6) is 11.5 Å². The molecular weight excluding hydrogens is 346 g/mol. The summed E-state index contributed by atoms with van der Waals surface area (Å²) in [6.45, 7) is 6.52. The monoisotopic (exact) mass is 371 g/mol. The summed E-state index contributed by atoms with van der Waals surface area (Å²) in [5.74, 6) is 1.01. The van der Waals surface area contributed by atoms with E-state index in [-0.39, 0.29) is 18.0 Å². The molecule has 25 heavy (non-hydrogen) atoms. The van der Waals surface area contributed by atoms with Crippen LogP contribution in [-0.2, 0) is 4.79 Å². The summed E-state index contributed by atoms with van der Waals surface area (Å²) in [5, 5.41) is 7.52. The second-order valence-electron chi connectivity index (χ2n) is 5.37. The van der Waals surface area contributed by atoms with Gasteiger partial charge in [0.15, 0.2) is 11.5 Å². The molecule has 1 aromatic carbocycles. The molecule has 0 heterocycles. The Labute approximate surface area is 153 Å². The van der Waals surface area contributed by atoms with Crippen LogP contribution in [0.2, 0.25) is 0 Å². The molecule has 0 bridgehead atoms. The lowest BCUT2D eigenvalue weighted by atomic mass is 10.1.